The number of nitrogen functional groups attached to an aromatic ring is 1. The maximum absolute atomic E-state index is 10.8. The molecule has 1 fully saturated rings. The van der Waals surface area contributed by atoms with Crippen LogP contribution in [0.25, 0.3) is 0 Å². The number of aromatic carboxylic acids is 1. The van der Waals surface area contributed by atoms with E-state index in [1.165, 1.54) is 38.3 Å². The minimum absolute atomic E-state index is 0.00964. The van der Waals surface area contributed by atoms with Crippen LogP contribution in [0.1, 0.15) is 67.0 Å². The lowest BCUT2D eigenvalue weighted by atomic mass is 9.90. The van der Waals surface area contributed by atoms with Gasteiger partial charge in [-0.1, -0.05) is 32.1 Å². The summed E-state index contributed by atoms with van der Waals surface area (Å²) in [6.07, 6.45) is 9.70. The van der Waals surface area contributed by atoms with Crippen LogP contribution in [0.15, 0.2) is 6.20 Å². The number of anilines is 1. The van der Waals surface area contributed by atoms with E-state index < -0.39 is 5.97 Å². The number of carboxylic acids is 1. The largest absolute Gasteiger partial charge is 0.477 e. The van der Waals surface area contributed by atoms with Crippen molar-refractivity contribution in [3.05, 3.63) is 17.6 Å². The highest BCUT2D eigenvalue weighted by Crippen LogP contribution is 2.29. The van der Waals surface area contributed by atoms with Crippen LogP contribution in [0.3, 0.4) is 0 Å². The lowest BCUT2D eigenvalue weighted by Gasteiger charge is -2.18. The molecule has 0 aromatic carbocycles. The number of carbonyl (C=O) groups is 1. The molecule has 1 aromatic rings. The number of aromatic nitrogens is 2. The summed E-state index contributed by atoms with van der Waals surface area (Å²) in [5.41, 5.74) is 5.66. The van der Waals surface area contributed by atoms with Crippen LogP contribution in [0.2, 0.25) is 0 Å². The molecule has 1 aliphatic carbocycles. The molecule has 1 heterocycles. The second-order valence-electron chi connectivity index (χ2n) is 4.87. The van der Waals surface area contributed by atoms with Gasteiger partial charge in [0.2, 0.25) is 0 Å². The van der Waals surface area contributed by atoms with Gasteiger partial charge in [0.05, 0.1) is 0 Å². The Kier molecular flexibility index (Phi) is 4.12. The third-order valence-electron chi connectivity index (χ3n) is 3.54. The number of nitrogens with zero attached hydrogens (tertiary/aromatic N) is 2. The monoisotopic (exact) mass is 249 g/mol. The molecule has 5 heteroatoms. The zero-order valence-corrected chi connectivity index (χ0v) is 10.4. The molecule has 0 atom stereocenters. The highest BCUT2D eigenvalue weighted by Gasteiger charge is 2.18. The normalized spacial score (nSPS) is 18.0. The van der Waals surface area contributed by atoms with Gasteiger partial charge in [0, 0.05) is 12.1 Å². The number of carboxylic acid groups (broad SMARTS) is 1. The van der Waals surface area contributed by atoms with E-state index in [0.717, 1.165) is 12.8 Å². The van der Waals surface area contributed by atoms with Crippen molar-refractivity contribution in [3.8, 4) is 0 Å². The molecule has 1 aliphatic rings. The Balaban J connectivity index is 2.16. The van der Waals surface area contributed by atoms with Gasteiger partial charge in [-0.3, -0.25) is 0 Å². The summed E-state index contributed by atoms with van der Waals surface area (Å²) in [6.45, 7) is 0. The van der Waals surface area contributed by atoms with Crippen molar-refractivity contribution in [3.63, 3.8) is 0 Å². The standard InChI is InChI=1S/C13H19N3O2/c14-11-10(13(17)18)8-15-12(16-11)9-6-4-2-1-3-5-7-9/h8-9H,1-7H2,(H,17,18)(H2,14,15,16). The average Bonchev–Trinajstić information content (AvgIpc) is 2.27. The van der Waals surface area contributed by atoms with E-state index in [0.29, 0.717) is 11.7 Å². The Bertz CT molecular complexity index is 426. The summed E-state index contributed by atoms with van der Waals surface area (Å²) >= 11 is 0. The molecule has 18 heavy (non-hydrogen) atoms. The van der Waals surface area contributed by atoms with Gasteiger partial charge in [0.15, 0.2) is 0 Å². The maximum atomic E-state index is 10.8. The zero-order chi connectivity index (χ0) is 13.0. The van der Waals surface area contributed by atoms with Crippen molar-refractivity contribution < 1.29 is 9.90 Å². The van der Waals surface area contributed by atoms with Gasteiger partial charge in [-0.05, 0) is 12.8 Å². The van der Waals surface area contributed by atoms with Crippen LogP contribution in [-0.4, -0.2) is 21.0 Å². The fourth-order valence-corrected chi connectivity index (χ4v) is 2.49. The van der Waals surface area contributed by atoms with E-state index in [1.807, 2.05) is 0 Å². The van der Waals surface area contributed by atoms with Crippen molar-refractivity contribution in [2.24, 2.45) is 0 Å². The third-order valence-corrected chi connectivity index (χ3v) is 3.54. The Hall–Kier alpha value is -1.65. The molecule has 1 saturated carbocycles. The highest BCUT2D eigenvalue weighted by atomic mass is 16.4. The zero-order valence-electron chi connectivity index (χ0n) is 10.4. The van der Waals surface area contributed by atoms with Gasteiger partial charge < -0.3 is 10.8 Å². The topological polar surface area (TPSA) is 89.1 Å². The van der Waals surface area contributed by atoms with Gasteiger partial charge in [-0.2, -0.15) is 0 Å². The molecule has 0 radical (unpaired) electrons. The van der Waals surface area contributed by atoms with Crippen LogP contribution in [-0.2, 0) is 0 Å². The Labute approximate surface area is 106 Å². The van der Waals surface area contributed by atoms with E-state index in [-0.39, 0.29) is 11.4 Å². The van der Waals surface area contributed by atoms with Gasteiger partial charge >= 0.3 is 5.97 Å². The molecule has 2 rings (SSSR count). The van der Waals surface area contributed by atoms with E-state index in [2.05, 4.69) is 9.97 Å². The van der Waals surface area contributed by atoms with Crippen molar-refractivity contribution in [1.29, 1.82) is 0 Å². The molecular weight excluding hydrogens is 230 g/mol. The molecule has 5 nitrogen and oxygen atoms in total. The molecule has 0 bridgehead atoms. The fraction of sp³-hybridized carbons (Fsp3) is 0.615. The number of hydrogen-bond donors (Lipinski definition) is 2. The summed E-state index contributed by atoms with van der Waals surface area (Å²) in [4.78, 5) is 19.2. The van der Waals surface area contributed by atoms with Crippen LogP contribution in [0.5, 0.6) is 0 Å². The van der Waals surface area contributed by atoms with Gasteiger partial charge in [0.25, 0.3) is 0 Å². The lowest BCUT2D eigenvalue weighted by Crippen LogP contribution is -2.12. The maximum Gasteiger partial charge on any atom is 0.341 e. The van der Waals surface area contributed by atoms with E-state index in [1.54, 1.807) is 0 Å². The van der Waals surface area contributed by atoms with Crippen molar-refractivity contribution in [2.75, 3.05) is 5.73 Å². The molecule has 0 unspecified atom stereocenters. The summed E-state index contributed by atoms with van der Waals surface area (Å²) in [5, 5.41) is 8.89. The summed E-state index contributed by atoms with van der Waals surface area (Å²) < 4.78 is 0. The molecule has 98 valence electrons. The van der Waals surface area contributed by atoms with Gasteiger partial charge in [0.1, 0.15) is 17.2 Å². The molecule has 0 amide bonds. The summed E-state index contributed by atoms with van der Waals surface area (Å²) in [6, 6.07) is 0. The minimum Gasteiger partial charge on any atom is -0.477 e. The molecule has 1 aromatic heterocycles. The first kappa shape index (κ1) is 12.8. The molecular formula is C13H19N3O2. The smallest absolute Gasteiger partial charge is 0.341 e. The number of rotatable bonds is 2. The first-order chi connectivity index (χ1) is 8.68. The van der Waals surface area contributed by atoms with Crippen molar-refractivity contribution >= 4 is 11.8 Å². The third kappa shape index (κ3) is 2.97. The van der Waals surface area contributed by atoms with E-state index in [4.69, 9.17) is 10.8 Å². The van der Waals surface area contributed by atoms with Crippen LogP contribution >= 0.6 is 0 Å². The molecule has 3 N–H and O–H groups in total. The lowest BCUT2D eigenvalue weighted by molar-refractivity contribution is 0.0697. The molecule has 0 aliphatic heterocycles. The van der Waals surface area contributed by atoms with Crippen LogP contribution < -0.4 is 5.73 Å². The predicted octanol–water partition coefficient (Wildman–Crippen LogP) is 2.58. The van der Waals surface area contributed by atoms with Gasteiger partial charge in [-0.15, -0.1) is 0 Å². The summed E-state index contributed by atoms with van der Waals surface area (Å²) in [7, 11) is 0. The Morgan fingerprint density at radius 2 is 1.83 bits per heavy atom. The quantitative estimate of drug-likeness (QED) is 0.840. The van der Waals surface area contributed by atoms with Crippen molar-refractivity contribution in [1.82, 2.24) is 9.97 Å². The minimum atomic E-state index is -1.07. The molecule has 0 spiro atoms. The Morgan fingerprint density at radius 1 is 1.22 bits per heavy atom. The summed E-state index contributed by atoms with van der Waals surface area (Å²) in [5.74, 6) is 0.0427. The van der Waals surface area contributed by atoms with E-state index in [9.17, 15) is 4.79 Å². The van der Waals surface area contributed by atoms with Gasteiger partial charge in [-0.25, -0.2) is 14.8 Å². The predicted molar refractivity (Wildman–Crippen MR) is 68.5 cm³/mol. The second kappa shape index (κ2) is 5.80. The second-order valence-corrected chi connectivity index (χ2v) is 4.87. The Morgan fingerprint density at radius 3 is 2.39 bits per heavy atom. The fourth-order valence-electron chi connectivity index (χ4n) is 2.49. The first-order valence-electron chi connectivity index (χ1n) is 6.54. The van der Waals surface area contributed by atoms with Crippen LogP contribution in [0.4, 0.5) is 5.82 Å². The molecule has 0 saturated heterocycles. The SMILES string of the molecule is Nc1nc(C2CCCCCCC2)ncc1C(=O)O. The highest BCUT2D eigenvalue weighted by molar-refractivity contribution is 5.92. The number of hydrogen-bond acceptors (Lipinski definition) is 4. The van der Waals surface area contributed by atoms with Crippen LogP contribution in [0, 0.1) is 0 Å². The van der Waals surface area contributed by atoms with E-state index >= 15 is 0 Å². The first-order valence-corrected chi connectivity index (χ1v) is 6.54. The average molecular weight is 249 g/mol. The number of nitrogens with two attached hydrogens (primary N) is 1. The van der Waals surface area contributed by atoms with Crippen molar-refractivity contribution in [2.45, 2.75) is 50.9 Å².